The summed E-state index contributed by atoms with van der Waals surface area (Å²) in [5.41, 5.74) is 2.76. The largest absolute Gasteiger partial charge is 0.396 e. The minimum absolute atomic E-state index is 0.0573. The Labute approximate surface area is 148 Å². The van der Waals surface area contributed by atoms with Crippen molar-refractivity contribution in [3.8, 4) is 0 Å². The molecule has 4 heterocycles. The van der Waals surface area contributed by atoms with Gasteiger partial charge < -0.3 is 9.67 Å². The predicted octanol–water partition coefficient (Wildman–Crippen LogP) is 0.776. The standard InChI is InChI=1S/C18H15N5O3/c24-8-2-7-23-10-11(16-13(23)3-1-4-21-16)14-15(18(26)22-17(14)25)12-9-19-5-6-20-12/h1,3-6,9-10,24H,2,7-8H2,(H,22,25,26). The molecule has 2 amide bonds. The van der Waals surface area contributed by atoms with Crippen molar-refractivity contribution >= 4 is 34.0 Å². The number of fused-ring (bicyclic) bond motifs is 1. The molecule has 0 aromatic carbocycles. The fraction of sp³-hybridized carbons (Fsp3) is 0.167. The van der Waals surface area contributed by atoms with Gasteiger partial charge in [-0.15, -0.1) is 0 Å². The van der Waals surface area contributed by atoms with Crippen LogP contribution in [0.3, 0.4) is 0 Å². The van der Waals surface area contributed by atoms with Crippen molar-refractivity contribution in [3.63, 3.8) is 0 Å². The zero-order valence-electron chi connectivity index (χ0n) is 13.7. The lowest BCUT2D eigenvalue weighted by Gasteiger charge is -2.02. The van der Waals surface area contributed by atoms with E-state index in [1.807, 2.05) is 10.6 Å². The highest BCUT2D eigenvalue weighted by Gasteiger charge is 2.35. The molecular weight excluding hydrogens is 334 g/mol. The van der Waals surface area contributed by atoms with Gasteiger partial charge in [0.05, 0.1) is 34.1 Å². The molecule has 4 rings (SSSR count). The lowest BCUT2D eigenvalue weighted by molar-refractivity contribution is -0.122. The Bertz CT molecular complexity index is 1040. The van der Waals surface area contributed by atoms with Gasteiger partial charge in [-0.25, -0.2) is 0 Å². The molecular formula is C18H15N5O3. The highest BCUT2D eigenvalue weighted by Crippen LogP contribution is 2.34. The summed E-state index contributed by atoms with van der Waals surface area (Å²) in [5, 5.41) is 11.5. The van der Waals surface area contributed by atoms with E-state index in [-0.39, 0.29) is 17.8 Å². The minimum Gasteiger partial charge on any atom is -0.396 e. The van der Waals surface area contributed by atoms with Crippen molar-refractivity contribution in [1.82, 2.24) is 24.8 Å². The number of pyridine rings is 1. The first-order valence-electron chi connectivity index (χ1n) is 8.12. The number of carbonyl (C=O) groups excluding carboxylic acids is 2. The molecule has 26 heavy (non-hydrogen) atoms. The number of imide groups is 1. The molecule has 2 N–H and O–H groups in total. The first-order valence-corrected chi connectivity index (χ1v) is 8.12. The van der Waals surface area contributed by atoms with Crippen molar-refractivity contribution < 1.29 is 14.7 Å². The molecule has 8 nitrogen and oxygen atoms in total. The van der Waals surface area contributed by atoms with E-state index in [0.717, 1.165) is 5.52 Å². The van der Waals surface area contributed by atoms with Crippen molar-refractivity contribution in [3.05, 3.63) is 54.4 Å². The average molecular weight is 349 g/mol. The third-order valence-electron chi connectivity index (χ3n) is 4.21. The summed E-state index contributed by atoms with van der Waals surface area (Å²) in [6.45, 7) is 0.629. The number of aliphatic hydroxyl groups is 1. The number of carbonyl (C=O) groups is 2. The normalized spacial score (nSPS) is 14.3. The number of amides is 2. The first kappa shape index (κ1) is 16.1. The summed E-state index contributed by atoms with van der Waals surface area (Å²) in [7, 11) is 0. The van der Waals surface area contributed by atoms with Gasteiger partial charge >= 0.3 is 0 Å². The van der Waals surface area contributed by atoms with E-state index < -0.39 is 11.8 Å². The summed E-state index contributed by atoms with van der Waals surface area (Å²) < 4.78 is 1.92. The predicted molar refractivity (Wildman–Crippen MR) is 93.4 cm³/mol. The van der Waals surface area contributed by atoms with Crippen LogP contribution in [0.25, 0.3) is 22.2 Å². The highest BCUT2D eigenvalue weighted by molar-refractivity contribution is 6.49. The van der Waals surface area contributed by atoms with Gasteiger partial charge in [0.15, 0.2) is 0 Å². The summed E-state index contributed by atoms with van der Waals surface area (Å²) >= 11 is 0. The number of aryl methyl sites for hydroxylation is 1. The van der Waals surface area contributed by atoms with E-state index in [2.05, 4.69) is 20.3 Å². The molecule has 0 atom stereocenters. The summed E-state index contributed by atoms with van der Waals surface area (Å²) in [6.07, 6.45) is 8.42. The van der Waals surface area contributed by atoms with Crippen molar-refractivity contribution in [2.24, 2.45) is 0 Å². The summed E-state index contributed by atoms with van der Waals surface area (Å²) in [4.78, 5) is 37.4. The smallest absolute Gasteiger partial charge is 0.261 e. The molecule has 0 spiro atoms. The Morgan fingerprint density at radius 1 is 1.08 bits per heavy atom. The molecule has 0 saturated heterocycles. The van der Waals surface area contributed by atoms with Gasteiger partial charge in [0, 0.05) is 43.5 Å². The Hall–Kier alpha value is -3.39. The second-order valence-corrected chi connectivity index (χ2v) is 5.81. The molecule has 0 aliphatic carbocycles. The van der Waals surface area contributed by atoms with E-state index in [1.165, 1.54) is 18.6 Å². The number of hydrogen-bond donors (Lipinski definition) is 2. The number of nitrogens with one attached hydrogen (secondary N) is 1. The summed E-state index contributed by atoms with van der Waals surface area (Å²) in [6, 6.07) is 3.69. The van der Waals surface area contributed by atoms with Crippen molar-refractivity contribution in [2.75, 3.05) is 6.61 Å². The highest BCUT2D eigenvalue weighted by atomic mass is 16.3. The maximum atomic E-state index is 12.5. The van der Waals surface area contributed by atoms with Gasteiger partial charge in [-0.2, -0.15) is 0 Å². The van der Waals surface area contributed by atoms with E-state index >= 15 is 0 Å². The zero-order chi connectivity index (χ0) is 18.1. The second-order valence-electron chi connectivity index (χ2n) is 5.81. The monoisotopic (exact) mass is 349 g/mol. The molecule has 8 heteroatoms. The van der Waals surface area contributed by atoms with Crippen molar-refractivity contribution in [2.45, 2.75) is 13.0 Å². The average Bonchev–Trinajstić information content (AvgIpc) is 3.17. The van der Waals surface area contributed by atoms with Crippen LogP contribution in [0.4, 0.5) is 0 Å². The number of aromatic nitrogens is 4. The third kappa shape index (κ3) is 2.56. The second kappa shape index (κ2) is 6.49. The number of rotatable bonds is 5. The lowest BCUT2D eigenvalue weighted by atomic mass is 10.0. The molecule has 3 aromatic heterocycles. The lowest BCUT2D eigenvalue weighted by Crippen LogP contribution is -2.22. The number of aliphatic hydroxyl groups excluding tert-OH is 1. The fourth-order valence-corrected chi connectivity index (χ4v) is 3.12. The first-order chi connectivity index (χ1) is 12.7. The van der Waals surface area contributed by atoms with E-state index in [1.54, 1.807) is 18.5 Å². The van der Waals surface area contributed by atoms with Crippen LogP contribution < -0.4 is 5.32 Å². The van der Waals surface area contributed by atoms with Gasteiger partial charge in [-0.3, -0.25) is 29.9 Å². The molecule has 0 bridgehead atoms. The van der Waals surface area contributed by atoms with Crippen LogP contribution in [-0.4, -0.2) is 43.0 Å². The maximum Gasteiger partial charge on any atom is 0.261 e. The van der Waals surface area contributed by atoms with Crippen LogP contribution >= 0.6 is 0 Å². The van der Waals surface area contributed by atoms with Crippen LogP contribution in [0.15, 0.2) is 43.1 Å². The van der Waals surface area contributed by atoms with E-state index in [4.69, 9.17) is 5.11 Å². The van der Waals surface area contributed by atoms with Gasteiger partial charge in [0.1, 0.15) is 0 Å². The van der Waals surface area contributed by atoms with Gasteiger partial charge in [0.2, 0.25) is 0 Å². The van der Waals surface area contributed by atoms with Gasteiger partial charge in [0.25, 0.3) is 11.8 Å². The molecule has 0 fully saturated rings. The molecule has 3 aromatic rings. The van der Waals surface area contributed by atoms with Crippen LogP contribution in [0.5, 0.6) is 0 Å². The van der Waals surface area contributed by atoms with Crippen molar-refractivity contribution in [1.29, 1.82) is 0 Å². The molecule has 0 radical (unpaired) electrons. The SMILES string of the molecule is O=C1NC(=O)C(c2cn(CCCO)c3cccnc23)=C1c1cnccn1. The van der Waals surface area contributed by atoms with Crippen LogP contribution in [0, 0.1) is 0 Å². The summed E-state index contributed by atoms with van der Waals surface area (Å²) in [5.74, 6) is -0.986. The van der Waals surface area contributed by atoms with E-state index in [0.29, 0.717) is 29.7 Å². The van der Waals surface area contributed by atoms with Crippen LogP contribution in [-0.2, 0) is 16.1 Å². The van der Waals surface area contributed by atoms with Crippen LogP contribution in [0.2, 0.25) is 0 Å². The molecule has 1 aliphatic rings. The number of nitrogens with zero attached hydrogens (tertiary/aromatic N) is 4. The Morgan fingerprint density at radius 3 is 2.69 bits per heavy atom. The fourth-order valence-electron chi connectivity index (χ4n) is 3.12. The Balaban J connectivity index is 1.97. The molecule has 0 saturated carbocycles. The van der Waals surface area contributed by atoms with Gasteiger partial charge in [-0.05, 0) is 18.6 Å². The van der Waals surface area contributed by atoms with Gasteiger partial charge in [-0.1, -0.05) is 0 Å². The molecule has 0 unspecified atom stereocenters. The minimum atomic E-state index is -0.502. The zero-order valence-corrected chi connectivity index (χ0v) is 13.7. The topological polar surface area (TPSA) is 110 Å². The molecule has 1 aliphatic heterocycles. The van der Waals surface area contributed by atoms with Crippen LogP contribution in [0.1, 0.15) is 17.7 Å². The Kier molecular flexibility index (Phi) is 4.02. The maximum absolute atomic E-state index is 12.5. The Morgan fingerprint density at radius 2 is 1.92 bits per heavy atom. The third-order valence-corrected chi connectivity index (χ3v) is 4.21. The number of hydrogen-bond acceptors (Lipinski definition) is 6. The quantitative estimate of drug-likeness (QED) is 0.659. The molecule has 130 valence electrons. The van der Waals surface area contributed by atoms with E-state index in [9.17, 15) is 9.59 Å².